The minimum atomic E-state index is -2.61. The molecule has 0 aliphatic heterocycles. The molecule has 0 radical (unpaired) electrons. The third-order valence-corrected chi connectivity index (χ3v) is 9.54. The summed E-state index contributed by atoms with van der Waals surface area (Å²) in [5, 5.41) is -0.300. The van der Waals surface area contributed by atoms with Gasteiger partial charge in [0.25, 0.3) is 0 Å². The molecule has 32 heavy (non-hydrogen) atoms. The van der Waals surface area contributed by atoms with E-state index in [-0.39, 0.29) is 17.2 Å². The molecule has 5 fully saturated rings. The first kappa shape index (κ1) is 22.1. The molecule has 8 atom stereocenters. The molecule has 1 aromatic rings. The summed E-state index contributed by atoms with van der Waals surface area (Å²) in [6.07, 6.45) is 4.79. The quantitative estimate of drug-likeness (QED) is 0.653. The van der Waals surface area contributed by atoms with Crippen LogP contribution in [0.15, 0.2) is 34.7 Å². The van der Waals surface area contributed by atoms with E-state index in [9.17, 15) is 18.0 Å². The van der Waals surface area contributed by atoms with Crippen LogP contribution >= 0.6 is 11.9 Å². The molecule has 8 unspecified atom stereocenters. The molecule has 5 aliphatic rings. The van der Waals surface area contributed by atoms with Gasteiger partial charge in [-0.3, -0.25) is 19.2 Å². The number of carbonyl (C=O) groups is 2. The van der Waals surface area contributed by atoms with Crippen LogP contribution in [0.4, 0.5) is 4.79 Å². The third kappa shape index (κ3) is 3.44. The van der Waals surface area contributed by atoms with Gasteiger partial charge in [0, 0.05) is 18.0 Å². The fourth-order valence-electron chi connectivity index (χ4n) is 7.15. The lowest BCUT2D eigenvalue weighted by Crippen LogP contribution is -2.62. The van der Waals surface area contributed by atoms with Crippen molar-refractivity contribution >= 4 is 33.6 Å². The Hall–Kier alpha value is -1.71. The standard InChI is InChI=1S/C23H29N3O4S2/c1-13-15-8-14-9-16(11-15)20(18(13)10-14)26(22(28)31-24-2)21(27)23(12-19(23)25-32(29)30)17-6-4-3-5-7-17/h3-7,13-16,18-20,24H,8-12H2,1-2H3. The lowest BCUT2D eigenvalue weighted by molar-refractivity contribution is -0.144. The maximum absolute atomic E-state index is 14.3. The van der Waals surface area contributed by atoms with E-state index in [1.165, 1.54) is 11.3 Å². The molecule has 5 aliphatic carbocycles. The van der Waals surface area contributed by atoms with Crippen LogP contribution in [0.25, 0.3) is 0 Å². The normalized spacial score (nSPS) is 38.9. The first-order valence-corrected chi connectivity index (χ1v) is 13.3. The Morgan fingerprint density at radius 3 is 2.53 bits per heavy atom. The second-order valence-corrected chi connectivity index (χ2v) is 11.6. The van der Waals surface area contributed by atoms with E-state index in [2.05, 4.69) is 16.0 Å². The molecule has 2 amide bonds. The predicted octanol–water partition coefficient (Wildman–Crippen LogP) is 3.65. The highest BCUT2D eigenvalue weighted by Gasteiger charge is 2.66. The Balaban J connectivity index is 1.57. The summed E-state index contributed by atoms with van der Waals surface area (Å²) < 4.78 is 29.4. The van der Waals surface area contributed by atoms with Gasteiger partial charge in [-0.25, -0.2) is 0 Å². The minimum Gasteiger partial charge on any atom is -0.273 e. The van der Waals surface area contributed by atoms with Crippen LogP contribution in [0.1, 0.15) is 44.6 Å². The fraction of sp³-hybridized carbons (Fsp3) is 0.652. The van der Waals surface area contributed by atoms with Gasteiger partial charge >= 0.3 is 15.7 Å². The van der Waals surface area contributed by atoms with E-state index in [4.69, 9.17) is 0 Å². The number of hydrogen-bond donors (Lipinski definition) is 1. The number of benzene rings is 1. The van der Waals surface area contributed by atoms with Crippen LogP contribution in [-0.4, -0.2) is 43.6 Å². The van der Waals surface area contributed by atoms with Crippen LogP contribution in [0, 0.1) is 29.6 Å². The van der Waals surface area contributed by atoms with Crippen LogP contribution in [0.2, 0.25) is 0 Å². The zero-order valence-corrected chi connectivity index (χ0v) is 19.9. The van der Waals surface area contributed by atoms with Crippen LogP contribution < -0.4 is 4.72 Å². The maximum Gasteiger partial charge on any atom is 0.311 e. The van der Waals surface area contributed by atoms with Crippen molar-refractivity contribution in [2.45, 2.75) is 56.5 Å². The largest absolute Gasteiger partial charge is 0.311 e. The van der Waals surface area contributed by atoms with Crippen molar-refractivity contribution in [1.82, 2.24) is 9.62 Å². The number of nitrogens with one attached hydrogen (secondary N) is 1. The molecule has 1 aromatic carbocycles. The summed E-state index contributed by atoms with van der Waals surface area (Å²) in [5.41, 5.74) is -0.364. The Kier molecular flexibility index (Phi) is 5.70. The number of carbonyl (C=O) groups excluding carboxylic acids is 2. The number of amides is 2. The number of nitrogens with zero attached hydrogens (tertiary/aromatic N) is 2. The van der Waals surface area contributed by atoms with Crippen molar-refractivity contribution in [3.8, 4) is 0 Å². The van der Waals surface area contributed by atoms with Crippen molar-refractivity contribution in [1.29, 1.82) is 0 Å². The molecule has 5 saturated carbocycles. The minimum absolute atomic E-state index is 0.127. The van der Waals surface area contributed by atoms with Crippen LogP contribution in [0.3, 0.4) is 0 Å². The number of hydrogen-bond acceptors (Lipinski definition) is 7. The average Bonchev–Trinajstić information content (AvgIpc) is 3.48. The Morgan fingerprint density at radius 2 is 1.84 bits per heavy atom. The van der Waals surface area contributed by atoms with Crippen molar-refractivity contribution in [3.05, 3.63) is 35.9 Å². The van der Waals surface area contributed by atoms with E-state index >= 15 is 0 Å². The zero-order valence-electron chi connectivity index (χ0n) is 18.3. The second-order valence-electron chi connectivity index (χ2n) is 9.97. The van der Waals surface area contributed by atoms with E-state index in [0.717, 1.165) is 36.8 Å². The van der Waals surface area contributed by atoms with Crippen molar-refractivity contribution in [2.75, 3.05) is 7.05 Å². The smallest absolute Gasteiger partial charge is 0.273 e. The average molecular weight is 476 g/mol. The molecule has 4 bridgehead atoms. The van der Waals surface area contributed by atoms with Crippen molar-refractivity contribution in [2.24, 2.45) is 34.0 Å². The molecular weight excluding hydrogens is 446 g/mol. The van der Waals surface area contributed by atoms with Gasteiger partial charge < -0.3 is 0 Å². The summed E-state index contributed by atoms with van der Waals surface area (Å²) in [4.78, 5) is 29.2. The fourth-order valence-corrected chi connectivity index (χ4v) is 8.09. The van der Waals surface area contributed by atoms with Gasteiger partial charge in [-0.05, 0) is 74.3 Å². The summed E-state index contributed by atoms with van der Waals surface area (Å²) >= 11 is 0.931. The third-order valence-electron chi connectivity index (χ3n) is 8.53. The van der Waals surface area contributed by atoms with Crippen LogP contribution in [-0.2, 0) is 20.7 Å². The predicted molar refractivity (Wildman–Crippen MR) is 122 cm³/mol. The molecule has 0 saturated heterocycles. The van der Waals surface area contributed by atoms with Crippen LogP contribution in [0.5, 0.6) is 0 Å². The van der Waals surface area contributed by atoms with Gasteiger partial charge in [-0.1, -0.05) is 37.3 Å². The van der Waals surface area contributed by atoms with Gasteiger partial charge in [0.15, 0.2) is 0 Å². The lowest BCUT2D eigenvalue weighted by Gasteiger charge is -2.59. The van der Waals surface area contributed by atoms with E-state index < -0.39 is 22.0 Å². The van der Waals surface area contributed by atoms with Gasteiger partial charge in [0.1, 0.15) is 5.41 Å². The lowest BCUT2D eigenvalue weighted by atomic mass is 9.50. The van der Waals surface area contributed by atoms with E-state index in [0.29, 0.717) is 36.0 Å². The molecule has 1 N–H and O–H groups in total. The number of imide groups is 1. The highest BCUT2D eigenvalue weighted by molar-refractivity contribution is 8.11. The monoisotopic (exact) mass is 475 g/mol. The zero-order chi connectivity index (χ0) is 22.6. The summed E-state index contributed by atoms with van der Waals surface area (Å²) in [7, 11) is -0.935. The molecule has 172 valence electrons. The van der Waals surface area contributed by atoms with Gasteiger partial charge in [-0.15, -0.1) is 0 Å². The molecule has 9 heteroatoms. The molecule has 0 spiro atoms. The molecule has 0 aromatic heterocycles. The van der Waals surface area contributed by atoms with Crippen molar-refractivity contribution < 1.29 is 18.0 Å². The molecular formula is C23H29N3O4S2. The summed E-state index contributed by atoms with van der Waals surface area (Å²) in [6.45, 7) is 2.28. The van der Waals surface area contributed by atoms with Crippen molar-refractivity contribution in [3.63, 3.8) is 0 Å². The van der Waals surface area contributed by atoms with E-state index in [1.807, 2.05) is 30.3 Å². The Labute approximate surface area is 194 Å². The Morgan fingerprint density at radius 1 is 1.12 bits per heavy atom. The summed E-state index contributed by atoms with van der Waals surface area (Å²) in [6, 6.07) is 8.43. The van der Waals surface area contributed by atoms with E-state index in [1.54, 1.807) is 7.05 Å². The SMILES string of the molecule is CNSC(=O)N(C(=O)C1(c2ccccc2)CC1N=S(=O)=O)C1C2CC3CC(C2)C(C)C1C3. The molecule has 0 heterocycles. The topological polar surface area (TPSA) is 95.9 Å². The van der Waals surface area contributed by atoms with Gasteiger partial charge in [-0.2, -0.15) is 12.8 Å². The highest BCUT2D eigenvalue weighted by Crippen LogP contribution is 2.59. The first-order valence-electron chi connectivity index (χ1n) is 11.4. The first-order chi connectivity index (χ1) is 15.4. The second kappa shape index (κ2) is 8.25. The molecule has 6 rings (SSSR count). The van der Waals surface area contributed by atoms with Gasteiger partial charge in [0.2, 0.25) is 5.91 Å². The highest BCUT2D eigenvalue weighted by atomic mass is 32.2. The molecule has 7 nitrogen and oxygen atoms in total. The Bertz CT molecular complexity index is 1050. The summed E-state index contributed by atoms with van der Waals surface area (Å²) in [5.74, 6) is 2.22. The maximum atomic E-state index is 14.3. The van der Waals surface area contributed by atoms with Gasteiger partial charge in [0.05, 0.1) is 6.04 Å². The number of rotatable bonds is 5.